The minimum absolute atomic E-state index is 0.0145. The molecule has 2 heterocycles. The number of amides is 2. The quantitative estimate of drug-likeness (QED) is 0.902. The molecule has 0 aromatic carbocycles. The summed E-state index contributed by atoms with van der Waals surface area (Å²) in [6.45, 7) is 5.55. The van der Waals surface area contributed by atoms with Crippen molar-refractivity contribution in [2.75, 3.05) is 11.4 Å². The Kier molecular flexibility index (Phi) is 4.68. The van der Waals surface area contributed by atoms with Crippen LogP contribution in [0.1, 0.15) is 46.0 Å². The average molecular weight is 318 g/mol. The largest absolute Gasteiger partial charge is 0.353 e. The van der Waals surface area contributed by atoms with Crippen LogP contribution in [0.25, 0.3) is 0 Å². The van der Waals surface area contributed by atoms with Gasteiger partial charge < -0.3 is 10.2 Å². The number of carbonyl (C=O) groups excluding carboxylic acids is 2. The van der Waals surface area contributed by atoms with Crippen LogP contribution in [0.3, 0.4) is 0 Å². The van der Waals surface area contributed by atoms with Crippen molar-refractivity contribution < 1.29 is 9.59 Å². The van der Waals surface area contributed by atoms with E-state index in [1.165, 1.54) is 12.8 Å². The monoisotopic (exact) mass is 318 g/mol. The smallest absolute Gasteiger partial charge is 0.227 e. The molecule has 1 saturated carbocycles. The van der Waals surface area contributed by atoms with Crippen LogP contribution in [0.5, 0.6) is 0 Å². The van der Waals surface area contributed by atoms with Crippen molar-refractivity contribution in [3.8, 4) is 0 Å². The van der Waals surface area contributed by atoms with Gasteiger partial charge in [-0.3, -0.25) is 14.3 Å². The van der Waals surface area contributed by atoms with E-state index < -0.39 is 0 Å². The first-order valence-corrected chi connectivity index (χ1v) is 8.66. The topological polar surface area (TPSA) is 67.2 Å². The lowest BCUT2D eigenvalue weighted by molar-refractivity contribution is -0.126. The zero-order chi connectivity index (χ0) is 16.4. The lowest BCUT2D eigenvalue weighted by Gasteiger charge is -2.16. The molecule has 6 heteroatoms. The van der Waals surface area contributed by atoms with Crippen LogP contribution in [0.4, 0.5) is 5.69 Å². The SMILES string of the molecule is CC(C)Cn1cc(N2C[C@@H](C(=O)NC3CCCC3)CC2=O)cn1. The zero-order valence-electron chi connectivity index (χ0n) is 14.0. The van der Waals surface area contributed by atoms with Crippen molar-refractivity contribution in [3.63, 3.8) is 0 Å². The average Bonchev–Trinajstić information content (AvgIpc) is 3.19. The summed E-state index contributed by atoms with van der Waals surface area (Å²) in [6.07, 6.45) is 8.43. The van der Waals surface area contributed by atoms with Crippen molar-refractivity contribution >= 4 is 17.5 Å². The fraction of sp³-hybridized carbons (Fsp3) is 0.706. The fourth-order valence-corrected chi connectivity index (χ4v) is 3.49. The van der Waals surface area contributed by atoms with E-state index >= 15 is 0 Å². The van der Waals surface area contributed by atoms with Crippen molar-refractivity contribution in [3.05, 3.63) is 12.4 Å². The lowest BCUT2D eigenvalue weighted by atomic mass is 10.1. The number of anilines is 1. The van der Waals surface area contributed by atoms with E-state index in [1.54, 1.807) is 11.1 Å². The highest BCUT2D eigenvalue weighted by Gasteiger charge is 2.36. The third kappa shape index (κ3) is 3.74. The van der Waals surface area contributed by atoms with Gasteiger partial charge in [-0.25, -0.2) is 0 Å². The van der Waals surface area contributed by atoms with Gasteiger partial charge in [0.1, 0.15) is 0 Å². The van der Waals surface area contributed by atoms with Crippen LogP contribution >= 0.6 is 0 Å². The molecule has 0 radical (unpaired) electrons. The van der Waals surface area contributed by atoms with Gasteiger partial charge in [0.2, 0.25) is 11.8 Å². The van der Waals surface area contributed by atoms with Crippen LogP contribution in [-0.2, 0) is 16.1 Å². The molecule has 1 aliphatic heterocycles. The summed E-state index contributed by atoms with van der Waals surface area (Å²) >= 11 is 0. The molecule has 1 aromatic rings. The molecule has 0 bridgehead atoms. The normalized spacial score (nSPS) is 22.3. The molecule has 6 nitrogen and oxygen atoms in total. The van der Waals surface area contributed by atoms with Crippen LogP contribution in [-0.4, -0.2) is 34.2 Å². The molecule has 126 valence electrons. The van der Waals surface area contributed by atoms with Gasteiger partial charge in [0.15, 0.2) is 0 Å². The number of hydrogen-bond acceptors (Lipinski definition) is 3. The maximum atomic E-state index is 12.4. The minimum atomic E-state index is -0.239. The highest BCUT2D eigenvalue weighted by Crippen LogP contribution is 2.26. The van der Waals surface area contributed by atoms with Gasteiger partial charge in [0.05, 0.1) is 17.8 Å². The van der Waals surface area contributed by atoms with Crippen molar-refractivity contribution in [2.45, 2.75) is 58.5 Å². The van der Waals surface area contributed by atoms with E-state index in [4.69, 9.17) is 0 Å². The molecule has 1 atom stereocenters. The van der Waals surface area contributed by atoms with Gasteiger partial charge in [0, 0.05) is 31.7 Å². The predicted molar refractivity (Wildman–Crippen MR) is 87.9 cm³/mol. The molecular formula is C17H26N4O2. The molecule has 2 amide bonds. The second kappa shape index (κ2) is 6.72. The standard InChI is InChI=1S/C17H26N4O2/c1-12(2)9-20-11-15(8-18-20)21-10-13(7-16(21)22)17(23)19-14-5-3-4-6-14/h8,11-14H,3-7,9-10H2,1-2H3,(H,19,23)/t13-/m0/s1. The Labute approximate surface area is 137 Å². The van der Waals surface area contributed by atoms with Crippen molar-refractivity contribution in [1.82, 2.24) is 15.1 Å². The Morgan fingerprint density at radius 1 is 1.39 bits per heavy atom. The van der Waals surface area contributed by atoms with Gasteiger partial charge in [-0.05, 0) is 18.8 Å². The molecule has 1 N–H and O–H groups in total. The van der Waals surface area contributed by atoms with E-state index in [2.05, 4.69) is 24.3 Å². The highest BCUT2D eigenvalue weighted by molar-refractivity contribution is 6.00. The second-order valence-electron chi connectivity index (χ2n) is 7.21. The van der Waals surface area contributed by atoms with Gasteiger partial charge in [-0.1, -0.05) is 26.7 Å². The highest BCUT2D eigenvalue weighted by atomic mass is 16.2. The number of nitrogens with zero attached hydrogens (tertiary/aromatic N) is 3. The summed E-state index contributed by atoms with van der Waals surface area (Å²) in [5, 5.41) is 7.42. The Morgan fingerprint density at radius 3 is 2.83 bits per heavy atom. The van der Waals surface area contributed by atoms with Crippen LogP contribution in [0.2, 0.25) is 0 Å². The Bertz CT molecular complexity index is 575. The van der Waals surface area contributed by atoms with Gasteiger partial charge in [-0.2, -0.15) is 5.10 Å². The fourth-order valence-electron chi connectivity index (χ4n) is 3.49. The van der Waals surface area contributed by atoms with E-state index in [9.17, 15) is 9.59 Å². The first kappa shape index (κ1) is 16.0. The van der Waals surface area contributed by atoms with Gasteiger partial charge >= 0.3 is 0 Å². The third-order valence-electron chi connectivity index (χ3n) is 4.68. The molecule has 0 spiro atoms. The summed E-state index contributed by atoms with van der Waals surface area (Å²) < 4.78 is 1.86. The molecule has 1 aromatic heterocycles. The molecule has 1 aliphatic carbocycles. The summed E-state index contributed by atoms with van der Waals surface area (Å²) in [5.41, 5.74) is 0.798. The first-order valence-electron chi connectivity index (χ1n) is 8.66. The minimum Gasteiger partial charge on any atom is -0.353 e. The second-order valence-corrected chi connectivity index (χ2v) is 7.21. The summed E-state index contributed by atoms with van der Waals surface area (Å²) in [6, 6.07) is 0.306. The predicted octanol–water partition coefficient (Wildman–Crippen LogP) is 1.95. The Balaban J connectivity index is 1.60. The summed E-state index contributed by atoms with van der Waals surface area (Å²) in [7, 11) is 0. The van der Waals surface area contributed by atoms with Crippen molar-refractivity contribution in [1.29, 1.82) is 0 Å². The molecular weight excluding hydrogens is 292 g/mol. The van der Waals surface area contributed by atoms with Crippen LogP contribution in [0.15, 0.2) is 12.4 Å². The molecule has 2 aliphatic rings. The summed E-state index contributed by atoms with van der Waals surface area (Å²) in [5.74, 6) is 0.307. The number of aromatic nitrogens is 2. The van der Waals surface area contributed by atoms with Gasteiger partial charge in [0.25, 0.3) is 0 Å². The van der Waals surface area contributed by atoms with E-state index in [0.29, 0.717) is 24.9 Å². The number of carbonyl (C=O) groups is 2. The maximum Gasteiger partial charge on any atom is 0.227 e. The summed E-state index contributed by atoms with van der Waals surface area (Å²) in [4.78, 5) is 26.3. The Morgan fingerprint density at radius 2 is 2.13 bits per heavy atom. The van der Waals surface area contributed by atoms with Gasteiger partial charge in [-0.15, -0.1) is 0 Å². The maximum absolute atomic E-state index is 12.4. The molecule has 1 saturated heterocycles. The number of nitrogens with one attached hydrogen (secondary N) is 1. The lowest BCUT2D eigenvalue weighted by Crippen LogP contribution is -2.38. The van der Waals surface area contributed by atoms with E-state index in [-0.39, 0.29) is 17.7 Å². The molecule has 23 heavy (non-hydrogen) atoms. The molecule has 0 unspecified atom stereocenters. The number of rotatable bonds is 5. The van der Waals surface area contributed by atoms with Crippen LogP contribution < -0.4 is 10.2 Å². The van der Waals surface area contributed by atoms with Crippen LogP contribution in [0, 0.1) is 11.8 Å². The van der Waals surface area contributed by atoms with E-state index in [0.717, 1.165) is 25.1 Å². The first-order chi connectivity index (χ1) is 11.0. The number of hydrogen-bond donors (Lipinski definition) is 1. The molecule has 2 fully saturated rings. The van der Waals surface area contributed by atoms with E-state index in [1.807, 2.05) is 10.9 Å². The zero-order valence-corrected chi connectivity index (χ0v) is 14.0. The Hall–Kier alpha value is -1.85. The van der Waals surface area contributed by atoms with Crippen molar-refractivity contribution in [2.24, 2.45) is 11.8 Å². The molecule has 3 rings (SSSR count). The third-order valence-corrected chi connectivity index (χ3v) is 4.68.